The van der Waals surface area contributed by atoms with Gasteiger partial charge in [-0.05, 0) is 12.1 Å². The van der Waals surface area contributed by atoms with E-state index in [1.807, 2.05) is 24.3 Å². The molecule has 0 radical (unpaired) electrons. The van der Waals surface area contributed by atoms with Crippen LogP contribution in [0.25, 0.3) is 11.4 Å². The molecule has 0 aliphatic rings. The Kier molecular flexibility index (Phi) is 4.35. The van der Waals surface area contributed by atoms with Gasteiger partial charge < -0.3 is 15.6 Å². The number of aromatic nitrogens is 2. The molecule has 2 rings (SSSR count). The molecule has 1 aromatic heterocycles. The van der Waals surface area contributed by atoms with Gasteiger partial charge in [0.25, 0.3) is 0 Å². The topological polar surface area (TPSA) is 96.7 Å². The van der Waals surface area contributed by atoms with E-state index in [1.165, 1.54) is 0 Å². The van der Waals surface area contributed by atoms with Gasteiger partial charge in [-0.2, -0.15) is 5.26 Å². The number of nitrogens with zero attached hydrogens (tertiary/aromatic N) is 3. The number of nitrogens with two attached hydrogens (primary N) is 1. The van der Waals surface area contributed by atoms with Crippen molar-refractivity contribution in [1.29, 1.82) is 5.26 Å². The molecule has 0 fully saturated rings. The van der Waals surface area contributed by atoms with Gasteiger partial charge in [-0.3, -0.25) is 4.79 Å². The molecule has 0 unspecified atom stereocenters. The highest BCUT2D eigenvalue weighted by Crippen LogP contribution is 2.19. The highest BCUT2D eigenvalue weighted by molar-refractivity contribution is 5.76. The summed E-state index contributed by atoms with van der Waals surface area (Å²) < 4.78 is 1.75. The van der Waals surface area contributed by atoms with Gasteiger partial charge in [0.2, 0.25) is 5.91 Å². The van der Waals surface area contributed by atoms with E-state index in [2.05, 4.69) is 10.3 Å². The van der Waals surface area contributed by atoms with Crippen molar-refractivity contribution in [2.24, 2.45) is 0 Å². The minimum atomic E-state index is -0.150. The zero-order chi connectivity index (χ0) is 14.4. The maximum Gasteiger partial charge on any atom is 0.240 e. The molecule has 1 aromatic carbocycles. The van der Waals surface area contributed by atoms with Crippen LogP contribution in [-0.2, 0) is 11.3 Å². The molecule has 0 saturated carbocycles. The largest absolute Gasteiger partial charge is 0.399 e. The molecule has 1 heterocycles. The van der Waals surface area contributed by atoms with E-state index < -0.39 is 0 Å². The number of nitrogens with one attached hydrogen (secondary N) is 1. The Morgan fingerprint density at radius 2 is 2.35 bits per heavy atom. The lowest BCUT2D eigenvalue weighted by Crippen LogP contribution is -2.28. The molecular weight excluding hydrogens is 254 g/mol. The predicted molar refractivity (Wildman–Crippen MR) is 75.3 cm³/mol. The minimum absolute atomic E-state index is 0.150. The second kappa shape index (κ2) is 6.38. The van der Waals surface area contributed by atoms with E-state index in [-0.39, 0.29) is 12.5 Å². The van der Waals surface area contributed by atoms with Gasteiger partial charge in [-0.15, -0.1) is 0 Å². The Morgan fingerprint density at radius 3 is 3.10 bits per heavy atom. The van der Waals surface area contributed by atoms with Crippen LogP contribution in [0.1, 0.15) is 6.42 Å². The number of carbonyl (C=O) groups excluding carboxylic acids is 1. The maximum atomic E-state index is 11.7. The number of anilines is 1. The number of nitriles is 1. The molecule has 6 heteroatoms. The second-order valence-corrected chi connectivity index (χ2v) is 4.26. The number of hydrogen-bond acceptors (Lipinski definition) is 4. The first-order chi connectivity index (χ1) is 9.70. The summed E-state index contributed by atoms with van der Waals surface area (Å²) in [6, 6.07) is 9.32. The SMILES string of the molecule is N#CCCNC(=O)Cn1ccnc1-c1cccc(N)c1. The number of nitrogen functional groups attached to an aromatic ring is 1. The van der Waals surface area contributed by atoms with Crippen molar-refractivity contribution in [3.05, 3.63) is 36.7 Å². The lowest BCUT2D eigenvalue weighted by molar-refractivity contribution is -0.121. The molecule has 0 aliphatic carbocycles. The first-order valence-electron chi connectivity index (χ1n) is 6.21. The van der Waals surface area contributed by atoms with Gasteiger partial charge in [0, 0.05) is 30.2 Å². The summed E-state index contributed by atoms with van der Waals surface area (Å²) in [6.07, 6.45) is 3.68. The number of benzene rings is 1. The van der Waals surface area contributed by atoms with Crippen LogP contribution in [0.3, 0.4) is 0 Å². The average molecular weight is 269 g/mol. The Labute approximate surface area is 116 Å². The summed E-state index contributed by atoms with van der Waals surface area (Å²) in [7, 11) is 0. The van der Waals surface area contributed by atoms with Crippen molar-refractivity contribution < 1.29 is 4.79 Å². The molecule has 0 saturated heterocycles. The highest BCUT2D eigenvalue weighted by Gasteiger charge is 2.09. The lowest BCUT2D eigenvalue weighted by atomic mass is 10.2. The Hall–Kier alpha value is -2.81. The lowest BCUT2D eigenvalue weighted by Gasteiger charge is -2.08. The molecule has 3 N–H and O–H groups in total. The summed E-state index contributed by atoms with van der Waals surface area (Å²) in [6.45, 7) is 0.521. The number of carbonyl (C=O) groups is 1. The quantitative estimate of drug-likeness (QED) is 0.628. The van der Waals surface area contributed by atoms with Gasteiger partial charge in [0.1, 0.15) is 12.4 Å². The predicted octanol–water partition coefficient (Wildman–Crippen LogP) is 1.16. The van der Waals surface area contributed by atoms with Crippen molar-refractivity contribution in [2.45, 2.75) is 13.0 Å². The molecule has 2 aromatic rings. The van der Waals surface area contributed by atoms with Gasteiger partial charge in [0.15, 0.2) is 0 Å². The van der Waals surface area contributed by atoms with Crippen LogP contribution < -0.4 is 11.1 Å². The smallest absolute Gasteiger partial charge is 0.240 e. The van der Waals surface area contributed by atoms with Crippen molar-refractivity contribution in [3.63, 3.8) is 0 Å². The van der Waals surface area contributed by atoms with E-state index in [1.54, 1.807) is 23.0 Å². The number of rotatable bonds is 5. The fourth-order valence-corrected chi connectivity index (χ4v) is 1.84. The van der Waals surface area contributed by atoms with Crippen molar-refractivity contribution in [3.8, 4) is 17.5 Å². The third-order valence-electron chi connectivity index (χ3n) is 2.73. The third kappa shape index (κ3) is 3.36. The molecule has 20 heavy (non-hydrogen) atoms. The summed E-state index contributed by atoms with van der Waals surface area (Å²) in [5, 5.41) is 11.1. The standard InChI is InChI=1S/C14H15N5O/c15-5-2-6-17-13(20)10-19-8-7-18-14(19)11-3-1-4-12(16)9-11/h1,3-4,7-9H,2,6,10,16H2,(H,17,20). The van der Waals surface area contributed by atoms with Gasteiger partial charge in [-0.1, -0.05) is 12.1 Å². The first kappa shape index (κ1) is 13.6. The monoisotopic (exact) mass is 269 g/mol. The van der Waals surface area contributed by atoms with Crippen LogP contribution in [0, 0.1) is 11.3 Å². The van der Waals surface area contributed by atoms with E-state index in [0.717, 1.165) is 5.56 Å². The fraction of sp³-hybridized carbons (Fsp3) is 0.214. The summed E-state index contributed by atoms with van der Waals surface area (Å²) >= 11 is 0. The Balaban J connectivity index is 2.09. The van der Waals surface area contributed by atoms with Crippen molar-refractivity contribution in [2.75, 3.05) is 12.3 Å². The highest BCUT2D eigenvalue weighted by atomic mass is 16.1. The average Bonchev–Trinajstić information content (AvgIpc) is 2.87. The molecule has 1 amide bonds. The summed E-state index contributed by atoms with van der Waals surface area (Å²) in [5.41, 5.74) is 7.26. The van der Waals surface area contributed by atoms with E-state index >= 15 is 0 Å². The summed E-state index contributed by atoms with van der Waals surface area (Å²) in [5.74, 6) is 0.538. The van der Waals surface area contributed by atoms with E-state index in [9.17, 15) is 4.79 Å². The molecular formula is C14H15N5O. The van der Waals surface area contributed by atoms with E-state index in [4.69, 9.17) is 11.0 Å². The van der Waals surface area contributed by atoms with Crippen LogP contribution in [0.15, 0.2) is 36.7 Å². The molecule has 102 valence electrons. The second-order valence-electron chi connectivity index (χ2n) is 4.26. The van der Waals surface area contributed by atoms with Gasteiger partial charge in [0.05, 0.1) is 12.5 Å². The Bertz CT molecular complexity index is 641. The van der Waals surface area contributed by atoms with Crippen LogP contribution >= 0.6 is 0 Å². The number of imidazole rings is 1. The van der Waals surface area contributed by atoms with Crippen LogP contribution in [0.4, 0.5) is 5.69 Å². The maximum absolute atomic E-state index is 11.7. The van der Waals surface area contributed by atoms with Crippen molar-refractivity contribution in [1.82, 2.24) is 14.9 Å². The molecule has 0 bridgehead atoms. The number of hydrogen-bond donors (Lipinski definition) is 2. The molecule has 0 spiro atoms. The first-order valence-corrected chi connectivity index (χ1v) is 6.21. The number of amides is 1. The zero-order valence-electron chi connectivity index (χ0n) is 10.9. The van der Waals surface area contributed by atoms with Crippen molar-refractivity contribution >= 4 is 11.6 Å². The zero-order valence-corrected chi connectivity index (χ0v) is 10.9. The van der Waals surface area contributed by atoms with Crippen LogP contribution in [0.2, 0.25) is 0 Å². The van der Waals surface area contributed by atoms with Gasteiger partial charge >= 0.3 is 0 Å². The van der Waals surface area contributed by atoms with Gasteiger partial charge in [-0.25, -0.2) is 4.98 Å². The normalized spacial score (nSPS) is 9.95. The third-order valence-corrected chi connectivity index (χ3v) is 2.73. The summed E-state index contributed by atoms with van der Waals surface area (Å²) in [4.78, 5) is 16.0. The molecule has 6 nitrogen and oxygen atoms in total. The van der Waals surface area contributed by atoms with E-state index in [0.29, 0.717) is 24.5 Å². The molecule has 0 aliphatic heterocycles. The fourth-order valence-electron chi connectivity index (χ4n) is 1.84. The van der Waals surface area contributed by atoms with Crippen LogP contribution in [-0.4, -0.2) is 22.0 Å². The van der Waals surface area contributed by atoms with Crippen LogP contribution in [0.5, 0.6) is 0 Å². The molecule has 0 atom stereocenters. The Morgan fingerprint density at radius 1 is 1.50 bits per heavy atom. The minimum Gasteiger partial charge on any atom is -0.399 e.